The van der Waals surface area contributed by atoms with Crippen LogP contribution in [0.5, 0.6) is 0 Å². The molecule has 1 aromatic carbocycles. The van der Waals surface area contributed by atoms with Gasteiger partial charge in [-0.15, -0.1) is 0 Å². The van der Waals surface area contributed by atoms with Crippen LogP contribution in [0.25, 0.3) is 0 Å². The minimum atomic E-state index is 0.975. The Labute approximate surface area is 104 Å². The lowest BCUT2D eigenvalue weighted by Gasteiger charge is -2.03. The summed E-state index contributed by atoms with van der Waals surface area (Å²) in [6, 6.07) is 10.6. The van der Waals surface area contributed by atoms with Crippen LogP contribution in [0, 0.1) is 0 Å². The van der Waals surface area contributed by atoms with Crippen molar-refractivity contribution < 1.29 is 4.57 Å². The average Bonchev–Trinajstić information content (AvgIpc) is 2.74. The SMILES string of the molecule is CCCc1n(Cc2ccccc2)cc[n+]1CC. The molecule has 0 saturated carbocycles. The van der Waals surface area contributed by atoms with E-state index in [1.807, 2.05) is 0 Å². The molecule has 17 heavy (non-hydrogen) atoms. The smallest absolute Gasteiger partial charge is 0.235 e. The van der Waals surface area contributed by atoms with Crippen LogP contribution >= 0.6 is 0 Å². The van der Waals surface area contributed by atoms with E-state index >= 15 is 0 Å². The lowest BCUT2D eigenvalue weighted by atomic mass is 10.2. The second-order valence-corrected chi connectivity index (χ2v) is 4.36. The first-order valence-electron chi connectivity index (χ1n) is 6.46. The highest BCUT2D eigenvalue weighted by atomic mass is 15.1. The Hall–Kier alpha value is -1.57. The number of rotatable bonds is 5. The van der Waals surface area contributed by atoms with Crippen LogP contribution in [0.3, 0.4) is 0 Å². The number of benzene rings is 1. The fraction of sp³-hybridized carbons (Fsp3) is 0.400. The van der Waals surface area contributed by atoms with E-state index in [4.69, 9.17) is 0 Å². The minimum absolute atomic E-state index is 0.975. The Morgan fingerprint density at radius 1 is 1.12 bits per heavy atom. The molecule has 0 aliphatic carbocycles. The number of nitrogens with zero attached hydrogens (tertiary/aromatic N) is 2. The highest BCUT2D eigenvalue weighted by Gasteiger charge is 2.14. The first-order chi connectivity index (χ1) is 8.35. The number of hydrogen-bond donors (Lipinski definition) is 0. The summed E-state index contributed by atoms with van der Waals surface area (Å²) in [5.41, 5.74) is 1.36. The quantitative estimate of drug-likeness (QED) is 0.697. The van der Waals surface area contributed by atoms with Crippen molar-refractivity contribution in [2.75, 3.05) is 0 Å². The van der Waals surface area contributed by atoms with E-state index in [1.54, 1.807) is 0 Å². The Morgan fingerprint density at radius 3 is 2.53 bits per heavy atom. The maximum absolute atomic E-state index is 2.36. The zero-order valence-corrected chi connectivity index (χ0v) is 10.8. The van der Waals surface area contributed by atoms with Crippen LogP contribution in [-0.2, 0) is 19.5 Å². The van der Waals surface area contributed by atoms with Crippen LogP contribution in [-0.4, -0.2) is 4.57 Å². The molecule has 0 radical (unpaired) electrons. The van der Waals surface area contributed by atoms with Gasteiger partial charge in [0, 0.05) is 6.42 Å². The molecule has 0 fully saturated rings. The van der Waals surface area contributed by atoms with E-state index in [9.17, 15) is 0 Å². The minimum Gasteiger partial charge on any atom is -0.235 e. The van der Waals surface area contributed by atoms with Crippen LogP contribution in [0.4, 0.5) is 0 Å². The van der Waals surface area contributed by atoms with Gasteiger partial charge >= 0.3 is 0 Å². The molecular formula is C15H21N2+. The average molecular weight is 229 g/mol. The maximum atomic E-state index is 2.36. The highest BCUT2D eigenvalue weighted by Crippen LogP contribution is 2.06. The van der Waals surface area contributed by atoms with Crippen LogP contribution in [0.1, 0.15) is 31.7 Å². The van der Waals surface area contributed by atoms with Gasteiger partial charge in [-0.1, -0.05) is 37.3 Å². The Bertz CT molecular complexity index is 457. The zero-order valence-electron chi connectivity index (χ0n) is 10.8. The molecule has 0 atom stereocenters. The van der Waals surface area contributed by atoms with Crippen molar-refractivity contribution >= 4 is 0 Å². The number of hydrogen-bond acceptors (Lipinski definition) is 0. The summed E-state index contributed by atoms with van der Waals surface area (Å²) in [7, 11) is 0. The summed E-state index contributed by atoms with van der Waals surface area (Å²) >= 11 is 0. The van der Waals surface area contributed by atoms with E-state index in [0.29, 0.717) is 0 Å². The molecule has 90 valence electrons. The fourth-order valence-electron chi connectivity index (χ4n) is 2.22. The molecule has 0 spiro atoms. The first-order valence-corrected chi connectivity index (χ1v) is 6.46. The van der Waals surface area contributed by atoms with Crippen LogP contribution in [0.15, 0.2) is 42.7 Å². The topological polar surface area (TPSA) is 8.81 Å². The van der Waals surface area contributed by atoms with Crippen molar-refractivity contribution in [3.63, 3.8) is 0 Å². The maximum Gasteiger partial charge on any atom is 0.256 e. The molecule has 0 saturated heterocycles. The second-order valence-electron chi connectivity index (χ2n) is 4.36. The van der Waals surface area contributed by atoms with Crippen LogP contribution < -0.4 is 4.57 Å². The summed E-state index contributed by atoms with van der Waals surface area (Å²) in [6.07, 6.45) is 6.72. The van der Waals surface area contributed by atoms with E-state index < -0.39 is 0 Å². The molecule has 1 heterocycles. The molecule has 2 nitrogen and oxygen atoms in total. The highest BCUT2D eigenvalue weighted by molar-refractivity contribution is 5.15. The summed E-state index contributed by atoms with van der Waals surface area (Å²) < 4.78 is 4.70. The standard InChI is InChI=1S/C15H21N2/c1-3-8-15-16(4-2)11-12-17(15)13-14-9-6-5-7-10-14/h5-7,9-12H,3-4,8,13H2,1-2H3/q+1. The van der Waals surface area contributed by atoms with Crippen molar-refractivity contribution in [2.45, 2.75) is 39.8 Å². The molecule has 0 unspecified atom stereocenters. The van der Waals surface area contributed by atoms with Crippen molar-refractivity contribution in [3.8, 4) is 0 Å². The third-order valence-corrected chi connectivity index (χ3v) is 3.10. The van der Waals surface area contributed by atoms with Crippen LogP contribution in [0.2, 0.25) is 0 Å². The third kappa shape index (κ3) is 2.76. The van der Waals surface area contributed by atoms with E-state index in [1.165, 1.54) is 17.8 Å². The van der Waals surface area contributed by atoms with E-state index in [-0.39, 0.29) is 0 Å². The summed E-state index contributed by atoms with van der Waals surface area (Å²) in [4.78, 5) is 0. The monoisotopic (exact) mass is 229 g/mol. The molecule has 0 aliphatic heterocycles. The van der Waals surface area contributed by atoms with Crippen molar-refractivity contribution in [1.29, 1.82) is 0 Å². The molecule has 2 rings (SSSR count). The summed E-state index contributed by atoms with van der Waals surface area (Å²) in [6.45, 7) is 6.46. The molecular weight excluding hydrogens is 208 g/mol. The lowest BCUT2D eigenvalue weighted by molar-refractivity contribution is -0.700. The zero-order chi connectivity index (χ0) is 12.1. The fourth-order valence-corrected chi connectivity index (χ4v) is 2.22. The van der Waals surface area contributed by atoms with Gasteiger partial charge in [0.2, 0.25) is 0 Å². The van der Waals surface area contributed by atoms with Gasteiger partial charge in [0.1, 0.15) is 18.9 Å². The molecule has 2 heteroatoms. The number of imidazole rings is 1. The van der Waals surface area contributed by atoms with Gasteiger partial charge in [-0.2, -0.15) is 0 Å². The molecule has 2 aromatic rings. The van der Waals surface area contributed by atoms with E-state index in [2.05, 4.69) is 65.7 Å². The number of aryl methyl sites for hydroxylation is 1. The number of aromatic nitrogens is 2. The van der Waals surface area contributed by atoms with Gasteiger partial charge in [-0.05, 0) is 18.9 Å². The van der Waals surface area contributed by atoms with Gasteiger partial charge in [0.25, 0.3) is 5.82 Å². The van der Waals surface area contributed by atoms with E-state index in [0.717, 1.165) is 19.5 Å². The predicted octanol–water partition coefficient (Wildman–Crippen LogP) is 2.80. The third-order valence-electron chi connectivity index (χ3n) is 3.10. The normalized spacial score (nSPS) is 10.7. The van der Waals surface area contributed by atoms with Crippen molar-refractivity contribution in [1.82, 2.24) is 4.57 Å². The van der Waals surface area contributed by atoms with Crippen molar-refractivity contribution in [3.05, 3.63) is 54.1 Å². The molecule has 0 amide bonds. The Balaban J connectivity index is 2.23. The lowest BCUT2D eigenvalue weighted by Crippen LogP contribution is -2.36. The molecule has 0 bridgehead atoms. The van der Waals surface area contributed by atoms with Gasteiger partial charge in [-0.3, -0.25) is 0 Å². The molecule has 0 aliphatic rings. The summed E-state index contributed by atoms with van der Waals surface area (Å²) in [5, 5.41) is 0. The van der Waals surface area contributed by atoms with Gasteiger partial charge in [0.15, 0.2) is 0 Å². The first kappa shape index (κ1) is 11.9. The van der Waals surface area contributed by atoms with Gasteiger partial charge in [-0.25, -0.2) is 9.13 Å². The van der Waals surface area contributed by atoms with Gasteiger partial charge in [0.05, 0.1) is 6.54 Å². The van der Waals surface area contributed by atoms with Crippen molar-refractivity contribution in [2.24, 2.45) is 0 Å². The molecule has 1 aromatic heterocycles. The second kappa shape index (κ2) is 5.67. The summed E-state index contributed by atoms with van der Waals surface area (Å²) in [5.74, 6) is 1.43. The largest absolute Gasteiger partial charge is 0.256 e. The molecule has 0 N–H and O–H groups in total. The predicted molar refractivity (Wildman–Crippen MR) is 69.8 cm³/mol. The van der Waals surface area contributed by atoms with Gasteiger partial charge < -0.3 is 0 Å². The Kier molecular flexibility index (Phi) is 3.97. The Morgan fingerprint density at radius 2 is 1.88 bits per heavy atom.